The quantitative estimate of drug-likeness (QED) is 0.714. The summed E-state index contributed by atoms with van der Waals surface area (Å²) in [6.45, 7) is 2.52. The molecule has 1 fully saturated rings. The highest BCUT2D eigenvalue weighted by molar-refractivity contribution is 5.73. The smallest absolute Gasteiger partial charge is 0.161 e. The fourth-order valence-electron chi connectivity index (χ4n) is 1.86. The van der Waals surface area contributed by atoms with Crippen molar-refractivity contribution >= 4 is 6.29 Å². The van der Waals surface area contributed by atoms with Gasteiger partial charge in [0.25, 0.3) is 0 Å². The molecule has 1 aromatic carbocycles. The van der Waals surface area contributed by atoms with E-state index in [1.54, 1.807) is 7.11 Å². The molecule has 0 N–H and O–H groups in total. The van der Waals surface area contributed by atoms with Gasteiger partial charge in [0.15, 0.2) is 11.5 Å². The molecular weight excluding hydrogens is 204 g/mol. The lowest BCUT2D eigenvalue weighted by Crippen LogP contribution is -2.08. The SMILES string of the molecule is CCOc1cc(C2(C=O)CC2)ccc1OC. The molecule has 3 nitrogen and oxygen atoms in total. The average molecular weight is 220 g/mol. The second-order valence-electron chi connectivity index (χ2n) is 4.07. The molecule has 2 rings (SSSR count). The van der Waals surface area contributed by atoms with E-state index in [9.17, 15) is 4.79 Å². The van der Waals surface area contributed by atoms with E-state index >= 15 is 0 Å². The van der Waals surface area contributed by atoms with Gasteiger partial charge in [0.2, 0.25) is 0 Å². The van der Waals surface area contributed by atoms with Crippen molar-refractivity contribution in [1.29, 1.82) is 0 Å². The molecule has 0 amide bonds. The second-order valence-corrected chi connectivity index (χ2v) is 4.07. The van der Waals surface area contributed by atoms with Crippen LogP contribution >= 0.6 is 0 Å². The summed E-state index contributed by atoms with van der Waals surface area (Å²) in [5, 5.41) is 0. The topological polar surface area (TPSA) is 35.5 Å². The van der Waals surface area contributed by atoms with E-state index in [0.29, 0.717) is 12.4 Å². The number of rotatable bonds is 5. The Labute approximate surface area is 95.4 Å². The van der Waals surface area contributed by atoms with E-state index in [-0.39, 0.29) is 5.41 Å². The highest BCUT2D eigenvalue weighted by Gasteiger charge is 2.44. The van der Waals surface area contributed by atoms with Gasteiger partial charge >= 0.3 is 0 Å². The third-order valence-corrected chi connectivity index (χ3v) is 3.05. The van der Waals surface area contributed by atoms with Gasteiger partial charge in [-0.2, -0.15) is 0 Å². The highest BCUT2D eigenvalue weighted by Crippen LogP contribution is 2.48. The van der Waals surface area contributed by atoms with Crippen molar-refractivity contribution in [3.05, 3.63) is 23.8 Å². The summed E-state index contributed by atoms with van der Waals surface area (Å²) >= 11 is 0. The van der Waals surface area contributed by atoms with Crippen LogP contribution in [0, 0.1) is 0 Å². The van der Waals surface area contributed by atoms with Crippen LogP contribution in [0.2, 0.25) is 0 Å². The summed E-state index contributed by atoms with van der Waals surface area (Å²) in [6, 6.07) is 5.73. The zero-order valence-corrected chi connectivity index (χ0v) is 9.66. The number of ether oxygens (including phenoxy) is 2. The molecule has 3 heteroatoms. The fourth-order valence-corrected chi connectivity index (χ4v) is 1.86. The Morgan fingerprint density at radius 2 is 2.12 bits per heavy atom. The molecule has 0 spiro atoms. The Hall–Kier alpha value is -1.51. The Morgan fingerprint density at radius 1 is 1.38 bits per heavy atom. The summed E-state index contributed by atoms with van der Waals surface area (Å²) in [5.74, 6) is 1.43. The Kier molecular flexibility index (Phi) is 2.86. The zero-order chi connectivity index (χ0) is 11.6. The van der Waals surface area contributed by atoms with Crippen LogP contribution in [0.4, 0.5) is 0 Å². The maximum absolute atomic E-state index is 11.0. The largest absolute Gasteiger partial charge is 0.493 e. The van der Waals surface area contributed by atoms with Gasteiger partial charge in [-0.05, 0) is 37.5 Å². The van der Waals surface area contributed by atoms with Crippen molar-refractivity contribution in [1.82, 2.24) is 0 Å². The molecule has 86 valence electrons. The van der Waals surface area contributed by atoms with Gasteiger partial charge < -0.3 is 14.3 Å². The van der Waals surface area contributed by atoms with Crippen LogP contribution in [-0.2, 0) is 10.2 Å². The van der Waals surface area contributed by atoms with Crippen molar-refractivity contribution in [2.75, 3.05) is 13.7 Å². The first kappa shape index (κ1) is 11.0. The maximum Gasteiger partial charge on any atom is 0.161 e. The van der Waals surface area contributed by atoms with E-state index in [0.717, 1.165) is 30.4 Å². The summed E-state index contributed by atoms with van der Waals surface area (Å²) in [5.41, 5.74) is 0.782. The molecule has 0 radical (unpaired) electrons. The molecule has 0 saturated heterocycles. The van der Waals surface area contributed by atoms with Crippen LogP contribution in [0.5, 0.6) is 11.5 Å². The average Bonchev–Trinajstić information content (AvgIpc) is 3.10. The van der Waals surface area contributed by atoms with Gasteiger partial charge in [0.05, 0.1) is 19.1 Å². The maximum atomic E-state index is 11.0. The van der Waals surface area contributed by atoms with E-state index < -0.39 is 0 Å². The number of carbonyl (C=O) groups excluding carboxylic acids is 1. The first-order valence-corrected chi connectivity index (χ1v) is 5.53. The van der Waals surface area contributed by atoms with Crippen molar-refractivity contribution in [3.8, 4) is 11.5 Å². The van der Waals surface area contributed by atoms with E-state index in [1.165, 1.54) is 0 Å². The normalized spacial score (nSPS) is 16.6. The molecule has 16 heavy (non-hydrogen) atoms. The van der Waals surface area contributed by atoms with Crippen molar-refractivity contribution in [2.45, 2.75) is 25.2 Å². The third-order valence-electron chi connectivity index (χ3n) is 3.05. The lowest BCUT2D eigenvalue weighted by atomic mass is 9.97. The van der Waals surface area contributed by atoms with Gasteiger partial charge in [0, 0.05) is 0 Å². The minimum absolute atomic E-state index is 0.252. The fraction of sp³-hybridized carbons (Fsp3) is 0.462. The van der Waals surface area contributed by atoms with Crippen LogP contribution in [-0.4, -0.2) is 20.0 Å². The Bertz CT molecular complexity index is 394. The lowest BCUT2D eigenvalue weighted by Gasteiger charge is -2.13. The summed E-state index contributed by atoms with van der Waals surface area (Å²) in [7, 11) is 1.62. The molecule has 1 aliphatic rings. The molecule has 1 aliphatic carbocycles. The predicted molar refractivity (Wildman–Crippen MR) is 61.1 cm³/mol. The highest BCUT2D eigenvalue weighted by atomic mass is 16.5. The third kappa shape index (κ3) is 1.77. The van der Waals surface area contributed by atoms with E-state index in [2.05, 4.69) is 0 Å². The number of methoxy groups -OCH3 is 1. The molecule has 1 aromatic rings. The lowest BCUT2D eigenvalue weighted by molar-refractivity contribution is -0.109. The van der Waals surface area contributed by atoms with Crippen LogP contribution in [0.25, 0.3) is 0 Å². The first-order valence-electron chi connectivity index (χ1n) is 5.53. The summed E-state index contributed by atoms with van der Waals surface area (Å²) in [4.78, 5) is 11.0. The number of benzene rings is 1. The van der Waals surface area contributed by atoms with Crippen molar-refractivity contribution in [3.63, 3.8) is 0 Å². The van der Waals surface area contributed by atoms with Gasteiger partial charge in [-0.3, -0.25) is 0 Å². The van der Waals surface area contributed by atoms with Crippen LogP contribution < -0.4 is 9.47 Å². The zero-order valence-electron chi connectivity index (χ0n) is 9.66. The summed E-state index contributed by atoms with van der Waals surface area (Å²) in [6.07, 6.45) is 2.92. The molecule has 0 bridgehead atoms. The van der Waals surface area contributed by atoms with Gasteiger partial charge in [-0.15, -0.1) is 0 Å². The molecule has 0 aromatic heterocycles. The Morgan fingerprint density at radius 3 is 2.62 bits per heavy atom. The minimum Gasteiger partial charge on any atom is -0.493 e. The number of hydrogen-bond acceptors (Lipinski definition) is 3. The van der Waals surface area contributed by atoms with E-state index in [1.807, 2.05) is 25.1 Å². The first-order chi connectivity index (χ1) is 7.75. The van der Waals surface area contributed by atoms with Crippen molar-refractivity contribution < 1.29 is 14.3 Å². The van der Waals surface area contributed by atoms with Gasteiger partial charge in [-0.25, -0.2) is 0 Å². The van der Waals surface area contributed by atoms with E-state index in [4.69, 9.17) is 9.47 Å². The Balaban J connectivity index is 2.35. The van der Waals surface area contributed by atoms with Crippen LogP contribution in [0.1, 0.15) is 25.3 Å². The molecular formula is C13H16O3. The van der Waals surface area contributed by atoms with Crippen molar-refractivity contribution in [2.24, 2.45) is 0 Å². The van der Waals surface area contributed by atoms with Crippen LogP contribution in [0.15, 0.2) is 18.2 Å². The molecule has 0 unspecified atom stereocenters. The number of hydrogen-bond donors (Lipinski definition) is 0. The number of aldehydes is 1. The summed E-state index contributed by atoms with van der Waals surface area (Å²) < 4.78 is 10.7. The predicted octanol–water partition coefficient (Wildman–Crippen LogP) is 2.32. The number of carbonyl (C=O) groups is 1. The standard InChI is InChI=1S/C13H16O3/c1-3-16-12-8-10(4-5-11(12)15-2)13(9-14)6-7-13/h4-5,8-9H,3,6-7H2,1-2H3. The van der Waals surface area contributed by atoms with Crippen LogP contribution in [0.3, 0.4) is 0 Å². The molecule has 0 aliphatic heterocycles. The monoisotopic (exact) mass is 220 g/mol. The molecule has 0 heterocycles. The minimum atomic E-state index is -0.252. The molecule has 1 saturated carbocycles. The molecule has 0 atom stereocenters. The van der Waals surface area contributed by atoms with Gasteiger partial charge in [0.1, 0.15) is 6.29 Å². The van der Waals surface area contributed by atoms with Gasteiger partial charge in [-0.1, -0.05) is 6.07 Å². The second kappa shape index (κ2) is 4.16.